The molecular weight excluding hydrogens is 282 g/mol. The third-order valence-corrected chi connectivity index (χ3v) is 3.61. The minimum absolute atomic E-state index is 0.0470. The molecule has 1 aromatic carbocycles. The molecule has 1 unspecified atom stereocenters. The standard InChI is InChI=1S/C17H23NO4/c1-10(2)8-18-13-6-12(9-19)7-14(21-5)16(13)22-15(11(3)4)17(18)20/h6-7,9-11,15H,8H2,1-5H3. The van der Waals surface area contributed by atoms with E-state index in [-0.39, 0.29) is 11.8 Å². The molecule has 0 saturated carbocycles. The molecular formula is C17H23NO4. The highest BCUT2D eigenvalue weighted by Gasteiger charge is 2.38. The number of amides is 1. The van der Waals surface area contributed by atoms with E-state index >= 15 is 0 Å². The predicted octanol–water partition coefficient (Wildman–Crippen LogP) is 2.91. The summed E-state index contributed by atoms with van der Waals surface area (Å²) in [6, 6.07) is 3.31. The van der Waals surface area contributed by atoms with Crippen LogP contribution in [-0.2, 0) is 4.79 Å². The van der Waals surface area contributed by atoms with Gasteiger partial charge in [0.1, 0.15) is 6.29 Å². The van der Waals surface area contributed by atoms with Crippen molar-refractivity contribution in [1.29, 1.82) is 0 Å². The number of ether oxygens (including phenoxy) is 2. The van der Waals surface area contributed by atoms with Gasteiger partial charge in [-0.1, -0.05) is 27.7 Å². The fourth-order valence-corrected chi connectivity index (χ4v) is 2.57. The number of anilines is 1. The van der Waals surface area contributed by atoms with Crippen LogP contribution >= 0.6 is 0 Å². The second-order valence-corrected chi connectivity index (χ2v) is 6.31. The number of hydrogen-bond acceptors (Lipinski definition) is 4. The summed E-state index contributed by atoms with van der Waals surface area (Å²) >= 11 is 0. The number of hydrogen-bond donors (Lipinski definition) is 0. The Morgan fingerprint density at radius 1 is 1.32 bits per heavy atom. The summed E-state index contributed by atoms with van der Waals surface area (Å²) in [6.45, 7) is 8.58. The Labute approximate surface area is 131 Å². The monoisotopic (exact) mass is 305 g/mol. The van der Waals surface area contributed by atoms with Crippen molar-refractivity contribution < 1.29 is 19.1 Å². The molecule has 0 aliphatic carbocycles. The SMILES string of the molecule is COc1cc(C=O)cc2c1OC(C(C)C)C(=O)N2CC(C)C. The molecule has 1 aliphatic rings. The lowest BCUT2D eigenvalue weighted by molar-refractivity contribution is -0.128. The third kappa shape index (κ3) is 2.93. The molecule has 5 heteroatoms. The highest BCUT2D eigenvalue weighted by atomic mass is 16.5. The van der Waals surface area contributed by atoms with Crippen LogP contribution in [0.5, 0.6) is 11.5 Å². The molecule has 22 heavy (non-hydrogen) atoms. The Kier molecular flexibility index (Phi) is 4.74. The molecule has 1 aliphatic heterocycles. The Bertz CT molecular complexity index is 580. The molecule has 1 aromatic rings. The van der Waals surface area contributed by atoms with Crippen molar-refractivity contribution in [3.63, 3.8) is 0 Å². The molecule has 0 fully saturated rings. The van der Waals surface area contributed by atoms with E-state index in [1.807, 2.05) is 27.7 Å². The quantitative estimate of drug-likeness (QED) is 0.785. The normalized spacial score (nSPS) is 17.5. The summed E-state index contributed by atoms with van der Waals surface area (Å²) in [5.41, 5.74) is 1.07. The van der Waals surface area contributed by atoms with Crippen LogP contribution in [0, 0.1) is 11.8 Å². The smallest absolute Gasteiger partial charge is 0.268 e. The molecule has 0 radical (unpaired) electrons. The topological polar surface area (TPSA) is 55.8 Å². The first kappa shape index (κ1) is 16.3. The van der Waals surface area contributed by atoms with Crippen molar-refractivity contribution in [2.75, 3.05) is 18.6 Å². The number of rotatable bonds is 5. The van der Waals surface area contributed by atoms with E-state index in [9.17, 15) is 9.59 Å². The maximum Gasteiger partial charge on any atom is 0.268 e. The fraction of sp³-hybridized carbons (Fsp3) is 0.529. The van der Waals surface area contributed by atoms with Gasteiger partial charge in [-0.05, 0) is 24.0 Å². The molecule has 2 rings (SSSR count). The van der Waals surface area contributed by atoms with Crippen molar-refractivity contribution in [3.8, 4) is 11.5 Å². The minimum Gasteiger partial charge on any atom is -0.493 e. The zero-order valence-corrected chi connectivity index (χ0v) is 13.8. The van der Waals surface area contributed by atoms with Crippen LogP contribution in [-0.4, -0.2) is 32.0 Å². The van der Waals surface area contributed by atoms with Crippen molar-refractivity contribution in [1.82, 2.24) is 0 Å². The Hall–Kier alpha value is -2.04. The van der Waals surface area contributed by atoms with E-state index < -0.39 is 6.10 Å². The first-order valence-electron chi connectivity index (χ1n) is 7.54. The van der Waals surface area contributed by atoms with Gasteiger partial charge in [-0.25, -0.2) is 0 Å². The van der Waals surface area contributed by atoms with E-state index in [2.05, 4.69) is 0 Å². The summed E-state index contributed by atoms with van der Waals surface area (Å²) in [6.07, 6.45) is 0.206. The van der Waals surface area contributed by atoms with Crippen LogP contribution in [0.1, 0.15) is 38.1 Å². The van der Waals surface area contributed by atoms with E-state index in [0.717, 1.165) is 6.29 Å². The molecule has 1 heterocycles. The van der Waals surface area contributed by atoms with Gasteiger partial charge in [-0.3, -0.25) is 9.59 Å². The lowest BCUT2D eigenvalue weighted by Crippen LogP contribution is -2.49. The number of methoxy groups -OCH3 is 1. The van der Waals surface area contributed by atoms with Gasteiger partial charge >= 0.3 is 0 Å². The van der Waals surface area contributed by atoms with Crippen LogP contribution in [0.2, 0.25) is 0 Å². The molecule has 0 bridgehead atoms. The number of carbonyl (C=O) groups excluding carboxylic acids is 2. The maximum absolute atomic E-state index is 12.7. The van der Waals surface area contributed by atoms with Gasteiger partial charge in [-0.2, -0.15) is 0 Å². The minimum atomic E-state index is -0.540. The maximum atomic E-state index is 12.7. The Morgan fingerprint density at radius 2 is 2.00 bits per heavy atom. The average molecular weight is 305 g/mol. The van der Waals surface area contributed by atoms with Crippen molar-refractivity contribution in [3.05, 3.63) is 17.7 Å². The van der Waals surface area contributed by atoms with Crippen molar-refractivity contribution >= 4 is 17.9 Å². The molecule has 0 N–H and O–H groups in total. The summed E-state index contributed by atoms with van der Waals surface area (Å²) in [5.74, 6) is 1.29. The first-order valence-corrected chi connectivity index (χ1v) is 7.54. The fourth-order valence-electron chi connectivity index (χ4n) is 2.57. The van der Waals surface area contributed by atoms with Crippen LogP contribution < -0.4 is 14.4 Å². The van der Waals surface area contributed by atoms with Crippen molar-refractivity contribution in [2.24, 2.45) is 11.8 Å². The largest absolute Gasteiger partial charge is 0.493 e. The molecule has 1 amide bonds. The van der Waals surface area contributed by atoms with Crippen LogP contribution in [0.15, 0.2) is 12.1 Å². The van der Waals surface area contributed by atoms with Gasteiger partial charge in [0.05, 0.1) is 12.8 Å². The number of carbonyl (C=O) groups is 2. The van der Waals surface area contributed by atoms with Crippen LogP contribution in [0.4, 0.5) is 5.69 Å². The summed E-state index contributed by atoms with van der Waals surface area (Å²) in [5, 5.41) is 0. The number of aldehydes is 1. The zero-order valence-electron chi connectivity index (χ0n) is 13.8. The summed E-state index contributed by atoms with van der Waals surface area (Å²) in [7, 11) is 1.53. The third-order valence-electron chi connectivity index (χ3n) is 3.61. The molecule has 0 spiro atoms. The van der Waals surface area contributed by atoms with E-state index in [1.54, 1.807) is 17.0 Å². The highest BCUT2D eigenvalue weighted by Crippen LogP contribution is 2.43. The average Bonchev–Trinajstić information content (AvgIpc) is 2.47. The van der Waals surface area contributed by atoms with Gasteiger partial charge in [0.25, 0.3) is 5.91 Å². The molecule has 120 valence electrons. The molecule has 0 aromatic heterocycles. The lowest BCUT2D eigenvalue weighted by atomic mass is 10.0. The number of nitrogens with zero attached hydrogens (tertiary/aromatic N) is 1. The number of benzene rings is 1. The van der Waals surface area contributed by atoms with E-state index in [0.29, 0.717) is 35.2 Å². The lowest BCUT2D eigenvalue weighted by Gasteiger charge is -2.37. The Balaban J connectivity index is 2.60. The van der Waals surface area contributed by atoms with Gasteiger partial charge < -0.3 is 14.4 Å². The second kappa shape index (κ2) is 6.38. The molecule has 0 saturated heterocycles. The molecule has 1 atom stereocenters. The summed E-state index contributed by atoms with van der Waals surface area (Å²) < 4.78 is 11.3. The van der Waals surface area contributed by atoms with Crippen molar-refractivity contribution in [2.45, 2.75) is 33.8 Å². The second-order valence-electron chi connectivity index (χ2n) is 6.31. The summed E-state index contributed by atoms with van der Waals surface area (Å²) in [4.78, 5) is 25.6. The highest BCUT2D eigenvalue weighted by molar-refractivity contribution is 6.01. The van der Waals surface area contributed by atoms with Gasteiger partial charge in [0.15, 0.2) is 17.6 Å². The van der Waals surface area contributed by atoms with E-state index in [1.165, 1.54) is 7.11 Å². The van der Waals surface area contributed by atoms with Crippen LogP contribution in [0.25, 0.3) is 0 Å². The predicted molar refractivity (Wildman–Crippen MR) is 84.8 cm³/mol. The van der Waals surface area contributed by atoms with Gasteiger partial charge in [0.2, 0.25) is 0 Å². The molecule has 5 nitrogen and oxygen atoms in total. The van der Waals surface area contributed by atoms with Gasteiger partial charge in [-0.15, -0.1) is 0 Å². The van der Waals surface area contributed by atoms with E-state index in [4.69, 9.17) is 9.47 Å². The van der Waals surface area contributed by atoms with Crippen LogP contribution in [0.3, 0.4) is 0 Å². The van der Waals surface area contributed by atoms with Gasteiger partial charge in [0, 0.05) is 12.1 Å². The first-order chi connectivity index (χ1) is 10.4. The zero-order chi connectivity index (χ0) is 16.4. The number of fused-ring (bicyclic) bond motifs is 1. The Morgan fingerprint density at radius 3 is 2.50 bits per heavy atom.